The molecule has 3 nitrogen and oxygen atoms in total. The molecule has 1 aromatic heterocycles. The van der Waals surface area contributed by atoms with Crippen molar-refractivity contribution in [2.24, 2.45) is 0 Å². The lowest BCUT2D eigenvalue weighted by Gasteiger charge is -2.20. The summed E-state index contributed by atoms with van der Waals surface area (Å²) in [6, 6.07) is 3.36. The molecule has 0 bridgehead atoms. The molecule has 112 valence electrons. The maximum absolute atomic E-state index is 13.2. The first kappa shape index (κ1) is 15.8. The fourth-order valence-electron chi connectivity index (χ4n) is 1.98. The van der Waals surface area contributed by atoms with E-state index >= 15 is 0 Å². The summed E-state index contributed by atoms with van der Waals surface area (Å²) in [6.45, 7) is 6.02. The highest BCUT2D eigenvalue weighted by Gasteiger charge is 2.22. The molecule has 2 rings (SSSR count). The molecule has 0 saturated heterocycles. The van der Waals surface area contributed by atoms with Gasteiger partial charge in [0.1, 0.15) is 23.3 Å². The molecule has 0 radical (unpaired) electrons. The third kappa shape index (κ3) is 3.75. The first-order valence-corrected chi connectivity index (χ1v) is 7.23. The average molecular weight is 356 g/mol. The Morgan fingerprint density at radius 3 is 2.19 bits per heavy atom. The lowest BCUT2D eigenvalue weighted by atomic mass is 9.91. The Kier molecular flexibility index (Phi) is 4.27. The number of anilines is 1. The van der Waals surface area contributed by atoms with E-state index in [1.165, 1.54) is 12.1 Å². The predicted octanol–water partition coefficient (Wildman–Crippen LogP) is 3.99. The van der Waals surface area contributed by atoms with Crippen LogP contribution in [0, 0.1) is 11.6 Å². The highest BCUT2D eigenvalue weighted by Crippen LogP contribution is 2.31. The second-order valence-electron chi connectivity index (χ2n) is 5.89. The third-order valence-electron chi connectivity index (χ3n) is 2.92. The summed E-state index contributed by atoms with van der Waals surface area (Å²) in [5.41, 5.74) is 6.89. The van der Waals surface area contributed by atoms with Crippen LogP contribution in [0.4, 0.5) is 14.6 Å². The maximum atomic E-state index is 13.2. The van der Waals surface area contributed by atoms with E-state index in [4.69, 9.17) is 5.73 Å². The van der Waals surface area contributed by atoms with Gasteiger partial charge in [-0.15, -0.1) is 0 Å². The Bertz CT molecular complexity index is 661. The van der Waals surface area contributed by atoms with Crippen molar-refractivity contribution < 1.29 is 8.78 Å². The number of hydrogen-bond donors (Lipinski definition) is 1. The largest absolute Gasteiger partial charge is 0.383 e. The van der Waals surface area contributed by atoms with E-state index in [1.54, 1.807) is 0 Å². The van der Waals surface area contributed by atoms with Gasteiger partial charge in [0.05, 0.1) is 10.2 Å². The molecule has 0 aliphatic rings. The zero-order valence-corrected chi connectivity index (χ0v) is 13.6. The van der Waals surface area contributed by atoms with Crippen LogP contribution in [0.15, 0.2) is 22.7 Å². The molecule has 0 unspecified atom stereocenters. The molecule has 21 heavy (non-hydrogen) atoms. The minimum Gasteiger partial charge on any atom is -0.383 e. The summed E-state index contributed by atoms with van der Waals surface area (Å²) >= 11 is 3.39. The summed E-state index contributed by atoms with van der Waals surface area (Å²) in [7, 11) is 0. The normalized spacial score (nSPS) is 11.7. The van der Waals surface area contributed by atoms with Gasteiger partial charge < -0.3 is 5.73 Å². The Labute approximate surface area is 130 Å². The molecular weight excluding hydrogens is 340 g/mol. The van der Waals surface area contributed by atoms with E-state index in [0.29, 0.717) is 21.7 Å². The van der Waals surface area contributed by atoms with Crippen LogP contribution < -0.4 is 5.73 Å². The minimum atomic E-state index is -0.619. The van der Waals surface area contributed by atoms with Gasteiger partial charge in [-0.05, 0) is 33.6 Å². The van der Waals surface area contributed by atoms with Crippen molar-refractivity contribution in [2.75, 3.05) is 5.73 Å². The molecule has 6 heteroatoms. The average Bonchev–Trinajstić information content (AvgIpc) is 2.30. The number of nitrogens with two attached hydrogens (primary N) is 1. The van der Waals surface area contributed by atoms with Crippen molar-refractivity contribution in [1.29, 1.82) is 0 Å². The fraction of sp³-hybridized carbons (Fsp3) is 0.333. The maximum Gasteiger partial charge on any atom is 0.141 e. The molecule has 0 aliphatic carbocycles. The zero-order chi connectivity index (χ0) is 15.8. The molecule has 0 amide bonds. The monoisotopic (exact) mass is 355 g/mol. The molecule has 0 fully saturated rings. The van der Waals surface area contributed by atoms with Crippen LogP contribution >= 0.6 is 15.9 Å². The van der Waals surface area contributed by atoms with Crippen molar-refractivity contribution >= 4 is 21.7 Å². The van der Waals surface area contributed by atoms with Crippen LogP contribution in [-0.4, -0.2) is 9.97 Å². The van der Waals surface area contributed by atoms with Gasteiger partial charge in [-0.2, -0.15) is 0 Å². The molecule has 0 saturated carbocycles. The van der Waals surface area contributed by atoms with Crippen LogP contribution in [0.3, 0.4) is 0 Å². The second-order valence-corrected chi connectivity index (χ2v) is 6.69. The number of halogens is 3. The van der Waals surface area contributed by atoms with Crippen molar-refractivity contribution in [3.63, 3.8) is 0 Å². The number of nitrogens with zero attached hydrogens (tertiary/aromatic N) is 2. The van der Waals surface area contributed by atoms with Crippen molar-refractivity contribution in [3.8, 4) is 0 Å². The van der Waals surface area contributed by atoms with E-state index in [0.717, 1.165) is 11.8 Å². The molecule has 2 N–H and O–H groups in total. The van der Waals surface area contributed by atoms with Gasteiger partial charge in [0.2, 0.25) is 0 Å². The highest BCUT2D eigenvalue weighted by atomic mass is 79.9. The minimum absolute atomic E-state index is 0.217. The fourth-order valence-corrected chi connectivity index (χ4v) is 2.76. The lowest BCUT2D eigenvalue weighted by Crippen LogP contribution is -2.18. The summed E-state index contributed by atoms with van der Waals surface area (Å²) in [6.07, 6.45) is 0.217. The van der Waals surface area contributed by atoms with Gasteiger partial charge in [0.15, 0.2) is 0 Å². The Hall–Kier alpha value is -1.56. The van der Waals surface area contributed by atoms with E-state index in [2.05, 4.69) is 25.9 Å². The topological polar surface area (TPSA) is 51.8 Å². The van der Waals surface area contributed by atoms with Gasteiger partial charge in [0, 0.05) is 17.9 Å². The van der Waals surface area contributed by atoms with Crippen LogP contribution in [0.25, 0.3) is 0 Å². The van der Waals surface area contributed by atoms with E-state index < -0.39 is 11.6 Å². The third-order valence-corrected chi connectivity index (χ3v) is 3.70. The number of nitrogen functional groups attached to an aromatic ring is 1. The Morgan fingerprint density at radius 1 is 1.10 bits per heavy atom. The lowest BCUT2D eigenvalue weighted by molar-refractivity contribution is 0.559. The molecule has 0 spiro atoms. The first-order chi connectivity index (χ1) is 9.66. The van der Waals surface area contributed by atoms with Gasteiger partial charge in [-0.1, -0.05) is 20.8 Å². The standard InChI is InChI=1S/C15H16BrF2N3/c1-15(2,3)13-12(16)14(19)21-11(20-13)6-8-4-9(17)7-10(18)5-8/h4-5,7H,6H2,1-3H3,(H2,19,20,21). The van der Waals surface area contributed by atoms with Crippen molar-refractivity contribution in [1.82, 2.24) is 9.97 Å². The molecule has 0 atom stereocenters. The van der Waals surface area contributed by atoms with E-state index in [9.17, 15) is 8.78 Å². The van der Waals surface area contributed by atoms with E-state index in [-0.39, 0.29) is 11.8 Å². The molecule has 2 aromatic rings. The van der Waals surface area contributed by atoms with Crippen LogP contribution in [-0.2, 0) is 11.8 Å². The van der Waals surface area contributed by atoms with Gasteiger partial charge >= 0.3 is 0 Å². The first-order valence-electron chi connectivity index (χ1n) is 6.44. The zero-order valence-electron chi connectivity index (χ0n) is 12.0. The SMILES string of the molecule is CC(C)(C)c1nc(Cc2cc(F)cc(F)c2)nc(N)c1Br. The summed E-state index contributed by atoms with van der Waals surface area (Å²) in [4.78, 5) is 8.65. The molecule has 0 aliphatic heterocycles. The summed E-state index contributed by atoms with van der Waals surface area (Å²) in [5.74, 6) is -0.482. The van der Waals surface area contributed by atoms with Crippen LogP contribution in [0.2, 0.25) is 0 Å². The number of rotatable bonds is 2. The molecule has 1 heterocycles. The van der Waals surface area contributed by atoms with E-state index in [1.807, 2.05) is 20.8 Å². The summed E-state index contributed by atoms with van der Waals surface area (Å²) in [5, 5.41) is 0. The number of hydrogen-bond acceptors (Lipinski definition) is 3. The van der Waals surface area contributed by atoms with Gasteiger partial charge in [0.25, 0.3) is 0 Å². The predicted molar refractivity (Wildman–Crippen MR) is 82.0 cm³/mol. The summed E-state index contributed by atoms with van der Waals surface area (Å²) < 4.78 is 27.1. The Balaban J connectivity index is 2.43. The highest BCUT2D eigenvalue weighted by molar-refractivity contribution is 9.10. The smallest absolute Gasteiger partial charge is 0.141 e. The number of benzene rings is 1. The van der Waals surface area contributed by atoms with Crippen molar-refractivity contribution in [2.45, 2.75) is 32.6 Å². The number of aromatic nitrogens is 2. The molecule has 1 aromatic carbocycles. The second kappa shape index (κ2) is 5.67. The van der Waals surface area contributed by atoms with Crippen molar-refractivity contribution in [3.05, 3.63) is 51.4 Å². The van der Waals surface area contributed by atoms with Gasteiger partial charge in [-0.3, -0.25) is 0 Å². The quantitative estimate of drug-likeness (QED) is 0.885. The Morgan fingerprint density at radius 2 is 1.67 bits per heavy atom. The molecular formula is C15H16BrF2N3. The van der Waals surface area contributed by atoms with Crippen LogP contribution in [0.1, 0.15) is 37.9 Å². The van der Waals surface area contributed by atoms with Crippen LogP contribution in [0.5, 0.6) is 0 Å². The van der Waals surface area contributed by atoms with Gasteiger partial charge in [-0.25, -0.2) is 18.7 Å².